The van der Waals surface area contributed by atoms with Crippen LogP contribution in [0.2, 0.25) is 0 Å². The van der Waals surface area contributed by atoms with Crippen LogP contribution >= 0.6 is 0 Å². The summed E-state index contributed by atoms with van der Waals surface area (Å²) in [5, 5.41) is 13.8. The Morgan fingerprint density at radius 3 is 2.84 bits per heavy atom. The van der Waals surface area contributed by atoms with E-state index < -0.39 is 0 Å². The Hall–Kier alpha value is -3.15. The topological polar surface area (TPSA) is 84.9 Å². The highest BCUT2D eigenvalue weighted by molar-refractivity contribution is 5.85. The lowest BCUT2D eigenvalue weighted by molar-refractivity contribution is -0.00544. The molecule has 0 saturated carbocycles. The van der Waals surface area contributed by atoms with E-state index in [0.717, 1.165) is 42.0 Å². The normalized spacial score (nSPS) is 16.1. The molecule has 0 N–H and O–H groups in total. The molecule has 3 aromatic heterocycles. The molecule has 0 bridgehead atoms. The maximum absolute atomic E-state index is 9.51. The smallest absolute Gasteiger partial charge is 0.138 e. The lowest BCUT2D eigenvalue weighted by Crippen LogP contribution is -2.24. The van der Waals surface area contributed by atoms with Crippen molar-refractivity contribution >= 4 is 11.3 Å². The summed E-state index contributed by atoms with van der Waals surface area (Å²) in [6.07, 6.45) is 6.61. The maximum atomic E-state index is 9.51. The third-order valence-corrected chi connectivity index (χ3v) is 5.43. The summed E-state index contributed by atoms with van der Waals surface area (Å²) in [6, 6.07) is 8.22. The second-order valence-corrected chi connectivity index (χ2v) is 8.04. The van der Waals surface area contributed by atoms with Gasteiger partial charge in [-0.05, 0) is 45.4 Å². The Labute approximate surface area is 188 Å². The van der Waals surface area contributed by atoms with Crippen molar-refractivity contribution < 1.29 is 14.2 Å². The van der Waals surface area contributed by atoms with E-state index in [2.05, 4.69) is 16.1 Å². The summed E-state index contributed by atoms with van der Waals surface area (Å²) in [4.78, 5) is 6.95. The van der Waals surface area contributed by atoms with Gasteiger partial charge in [0.1, 0.15) is 17.6 Å². The van der Waals surface area contributed by atoms with Crippen molar-refractivity contribution in [3.05, 3.63) is 42.4 Å². The molecule has 1 unspecified atom stereocenters. The fourth-order valence-corrected chi connectivity index (χ4v) is 3.95. The molecule has 1 saturated heterocycles. The summed E-state index contributed by atoms with van der Waals surface area (Å²) in [5.74, 6) is 1.62. The molecule has 1 fully saturated rings. The van der Waals surface area contributed by atoms with E-state index >= 15 is 0 Å². The molecular weight excluding hydrogens is 406 g/mol. The molecule has 4 heterocycles. The first-order valence-corrected chi connectivity index (χ1v) is 11.1. The highest BCUT2D eigenvalue weighted by atomic mass is 16.5. The number of rotatable bonds is 9. The molecule has 0 spiro atoms. The van der Waals surface area contributed by atoms with Crippen LogP contribution < -0.4 is 9.64 Å². The van der Waals surface area contributed by atoms with Gasteiger partial charge in [0.05, 0.1) is 55.5 Å². The molecule has 8 heteroatoms. The zero-order valence-corrected chi connectivity index (χ0v) is 18.8. The summed E-state index contributed by atoms with van der Waals surface area (Å²) in [5.41, 5.74) is 3.06. The van der Waals surface area contributed by atoms with E-state index in [-0.39, 0.29) is 12.2 Å². The van der Waals surface area contributed by atoms with Gasteiger partial charge in [-0.3, -0.25) is 0 Å². The Morgan fingerprint density at radius 1 is 1.25 bits per heavy atom. The van der Waals surface area contributed by atoms with Crippen molar-refractivity contribution in [2.45, 2.75) is 39.4 Å². The maximum Gasteiger partial charge on any atom is 0.138 e. The summed E-state index contributed by atoms with van der Waals surface area (Å²) < 4.78 is 18.9. The third kappa shape index (κ3) is 4.85. The van der Waals surface area contributed by atoms with Gasteiger partial charge in [0, 0.05) is 30.4 Å². The van der Waals surface area contributed by atoms with Crippen LogP contribution in [0.15, 0.2) is 36.8 Å². The molecule has 0 amide bonds. The van der Waals surface area contributed by atoms with E-state index in [4.69, 9.17) is 19.2 Å². The number of nitrogens with zero attached hydrogens (tertiary/aromatic N) is 5. The molecule has 3 aromatic rings. The van der Waals surface area contributed by atoms with E-state index in [1.807, 2.05) is 45.2 Å². The van der Waals surface area contributed by atoms with E-state index in [1.165, 1.54) is 0 Å². The number of fused-ring (bicyclic) bond motifs is 1. The average molecular weight is 436 g/mol. The van der Waals surface area contributed by atoms with Crippen LogP contribution in [0.25, 0.3) is 16.6 Å². The van der Waals surface area contributed by atoms with E-state index in [9.17, 15) is 5.26 Å². The summed E-state index contributed by atoms with van der Waals surface area (Å²) in [7, 11) is 0. The van der Waals surface area contributed by atoms with Crippen molar-refractivity contribution in [2.75, 3.05) is 37.8 Å². The third-order valence-electron chi connectivity index (χ3n) is 5.43. The number of hydrogen-bond acceptors (Lipinski definition) is 7. The predicted octanol–water partition coefficient (Wildman–Crippen LogP) is 3.69. The standard InChI is InChI=1S/C24H29N5O3/c1-4-30-21-11-22(24-19(12-25)14-27-29(24)16-21)18-5-6-23(26-13-18)28-8-7-20(15-28)32-10-9-31-17(2)3/h5-6,11,13-14,16-17,20H,4,7-10,15H2,1-3H3. The SMILES string of the molecule is CCOc1cc(-c2ccc(N3CCC(OCCOC(C)C)C3)nc2)c2c(C#N)cnn2c1. The van der Waals surface area contributed by atoms with Gasteiger partial charge in [-0.25, -0.2) is 9.50 Å². The lowest BCUT2D eigenvalue weighted by atomic mass is 10.1. The number of anilines is 1. The molecule has 0 aromatic carbocycles. The van der Waals surface area contributed by atoms with Crippen LogP contribution in [-0.4, -0.2) is 59.7 Å². The number of hydrogen-bond donors (Lipinski definition) is 0. The lowest BCUT2D eigenvalue weighted by Gasteiger charge is -2.18. The minimum absolute atomic E-state index is 0.194. The largest absolute Gasteiger partial charge is 0.492 e. The fraction of sp³-hybridized carbons (Fsp3) is 0.458. The monoisotopic (exact) mass is 435 g/mol. The van der Waals surface area contributed by atoms with Gasteiger partial charge in [-0.15, -0.1) is 0 Å². The minimum Gasteiger partial charge on any atom is -0.492 e. The number of pyridine rings is 2. The minimum atomic E-state index is 0.194. The Morgan fingerprint density at radius 2 is 2.12 bits per heavy atom. The molecule has 0 aliphatic carbocycles. The Balaban J connectivity index is 1.49. The molecular formula is C24H29N5O3. The van der Waals surface area contributed by atoms with Crippen LogP contribution in [0.4, 0.5) is 5.82 Å². The van der Waals surface area contributed by atoms with Crippen molar-refractivity contribution in [1.82, 2.24) is 14.6 Å². The van der Waals surface area contributed by atoms with Crippen LogP contribution in [-0.2, 0) is 9.47 Å². The molecule has 8 nitrogen and oxygen atoms in total. The Bertz CT molecular complexity index is 1090. The van der Waals surface area contributed by atoms with Gasteiger partial charge in [0.2, 0.25) is 0 Å². The second kappa shape index (κ2) is 9.98. The van der Waals surface area contributed by atoms with Crippen LogP contribution in [0.3, 0.4) is 0 Å². The molecule has 1 aliphatic heterocycles. The van der Waals surface area contributed by atoms with E-state index in [1.54, 1.807) is 16.9 Å². The Kier molecular flexibility index (Phi) is 6.88. The van der Waals surface area contributed by atoms with Gasteiger partial charge in [-0.2, -0.15) is 10.4 Å². The molecule has 32 heavy (non-hydrogen) atoms. The average Bonchev–Trinajstić information content (AvgIpc) is 3.43. The van der Waals surface area contributed by atoms with Crippen LogP contribution in [0.1, 0.15) is 32.8 Å². The van der Waals surface area contributed by atoms with Gasteiger partial charge in [0.25, 0.3) is 0 Å². The highest BCUT2D eigenvalue weighted by Crippen LogP contribution is 2.31. The first kappa shape index (κ1) is 22.1. The van der Waals surface area contributed by atoms with Crippen molar-refractivity contribution in [3.63, 3.8) is 0 Å². The summed E-state index contributed by atoms with van der Waals surface area (Å²) >= 11 is 0. The summed E-state index contributed by atoms with van der Waals surface area (Å²) in [6.45, 7) is 9.51. The molecule has 4 rings (SSSR count). The molecule has 1 aliphatic rings. The fourth-order valence-electron chi connectivity index (χ4n) is 3.95. The molecule has 0 radical (unpaired) electrons. The first-order valence-electron chi connectivity index (χ1n) is 11.1. The van der Waals surface area contributed by atoms with Crippen molar-refractivity contribution in [1.29, 1.82) is 5.26 Å². The van der Waals surface area contributed by atoms with Crippen molar-refractivity contribution in [2.24, 2.45) is 0 Å². The zero-order valence-electron chi connectivity index (χ0n) is 18.8. The number of ether oxygens (including phenoxy) is 3. The van der Waals surface area contributed by atoms with Gasteiger partial charge >= 0.3 is 0 Å². The van der Waals surface area contributed by atoms with E-state index in [0.29, 0.717) is 31.1 Å². The predicted molar refractivity (Wildman–Crippen MR) is 122 cm³/mol. The first-order chi connectivity index (χ1) is 15.6. The highest BCUT2D eigenvalue weighted by Gasteiger charge is 2.24. The van der Waals surface area contributed by atoms with Crippen LogP contribution in [0, 0.1) is 11.3 Å². The van der Waals surface area contributed by atoms with Gasteiger partial charge in [0.15, 0.2) is 0 Å². The van der Waals surface area contributed by atoms with Gasteiger partial charge < -0.3 is 19.1 Å². The quantitative estimate of drug-likeness (QED) is 0.474. The number of aromatic nitrogens is 3. The zero-order chi connectivity index (χ0) is 22.5. The molecule has 168 valence electrons. The second-order valence-electron chi connectivity index (χ2n) is 8.04. The number of nitriles is 1. The van der Waals surface area contributed by atoms with Crippen LogP contribution in [0.5, 0.6) is 5.75 Å². The molecule has 1 atom stereocenters. The van der Waals surface area contributed by atoms with Gasteiger partial charge in [-0.1, -0.05) is 0 Å². The van der Waals surface area contributed by atoms with Crippen molar-refractivity contribution in [3.8, 4) is 22.9 Å².